The van der Waals surface area contributed by atoms with E-state index in [1.807, 2.05) is 0 Å². The maximum atomic E-state index is 11.6. The van der Waals surface area contributed by atoms with E-state index in [4.69, 9.17) is 0 Å². The van der Waals surface area contributed by atoms with Crippen LogP contribution in [-0.4, -0.2) is 11.6 Å². The molecule has 0 saturated carbocycles. The number of rotatable bonds is 2. The molecule has 0 spiro atoms. The maximum Gasteiger partial charge on any atom is 0.178 e. The minimum absolute atomic E-state index is 0.168. The van der Waals surface area contributed by atoms with Crippen LogP contribution in [0.25, 0.3) is 0 Å². The van der Waals surface area contributed by atoms with E-state index in [1.54, 1.807) is 0 Å². The van der Waals surface area contributed by atoms with Crippen molar-refractivity contribution in [1.82, 2.24) is 0 Å². The van der Waals surface area contributed by atoms with Gasteiger partial charge in [0.2, 0.25) is 0 Å². The van der Waals surface area contributed by atoms with Gasteiger partial charge in [0.05, 0.1) is 0 Å². The molecule has 0 saturated heterocycles. The third-order valence-electron chi connectivity index (χ3n) is 0.385. The molecule has 0 heterocycles. The first kappa shape index (κ1) is 6.82. The van der Waals surface area contributed by atoms with Crippen LogP contribution >= 0.6 is 15.9 Å². The van der Waals surface area contributed by atoms with E-state index in [2.05, 4.69) is 15.9 Å². The molecular formula is C4H4BrFO. The van der Waals surface area contributed by atoms with Gasteiger partial charge in [-0.25, -0.2) is 4.39 Å². The zero-order valence-corrected chi connectivity index (χ0v) is 5.11. The summed E-state index contributed by atoms with van der Waals surface area (Å²) in [5, 5.41) is 0.386. The highest BCUT2D eigenvalue weighted by Crippen LogP contribution is 1.91. The molecule has 0 amide bonds. The monoisotopic (exact) mass is 166 g/mol. The minimum atomic E-state index is -0.725. The van der Waals surface area contributed by atoms with Crippen LogP contribution in [-0.2, 0) is 4.79 Å². The zero-order valence-electron chi connectivity index (χ0n) is 3.53. The Morgan fingerprint density at radius 2 is 2.43 bits per heavy atom. The third kappa shape index (κ3) is 3.66. The Morgan fingerprint density at radius 1 is 1.86 bits per heavy atom. The summed E-state index contributed by atoms with van der Waals surface area (Å²) in [6.45, 7) is 0. The number of aldehydes is 1. The van der Waals surface area contributed by atoms with Crippen LogP contribution < -0.4 is 0 Å². The van der Waals surface area contributed by atoms with Crippen molar-refractivity contribution in [3.05, 3.63) is 11.9 Å². The number of hydrogen-bond acceptors (Lipinski definition) is 1. The van der Waals surface area contributed by atoms with Crippen molar-refractivity contribution in [1.29, 1.82) is 0 Å². The number of hydrogen-bond donors (Lipinski definition) is 0. The molecule has 0 atom stereocenters. The molecule has 0 aromatic rings. The Labute approximate surface area is 49.3 Å². The molecular weight excluding hydrogens is 163 g/mol. The number of halogens is 2. The first-order chi connectivity index (χ1) is 3.31. The van der Waals surface area contributed by atoms with Crippen LogP contribution in [0.3, 0.4) is 0 Å². The number of alkyl halides is 1. The molecule has 40 valence electrons. The van der Waals surface area contributed by atoms with E-state index in [-0.39, 0.29) is 6.29 Å². The Bertz CT molecular complexity index is 89.7. The van der Waals surface area contributed by atoms with Gasteiger partial charge in [0.1, 0.15) is 0 Å². The summed E-state index contributed by atoms with van der Waals surface area (Å²) in [6.07, 6.45) is 1.31. The molecule has 0 fully saturated rings. The van der Waals surface area contributed by atoms with E-state index in [0.717, 1.165) is 6.08 Å². The molecule has 0 unspecified atom stereocenters. The molecule has 0 aliphatic carbocycles. The lowest BCUT2D eigenvalue weighted by Gasteiger charge is -1.73. The van der Waals surface area contributed by atoms with Gasteiger partial charge >= 0.3 is 0 Å². The minimum Gasteiger partial charge on any atom is -0.295 e. The molecule has 1 nitrogen and oxygen atoms in total. The van der Waals surface area contributed by atoms with Gasteiger partial charge < -0.3 is 0 Å². The summed E-state index contributed by atoms with van der Waals surface area (Å²) in [5.74, 6) is -0.725. The Hall–Kier alpha value is -0.180. The fourth-order valence-electron chi connectivity index (χ4n) is 0.122. The quantitative estimate of drug-likeness (QED) is 0.345. The second kappa shape index (κ2) is 3.99. The van der Waals surface area contributed by atoms with Gasteiger partial charge in [0, 0.05) is 5.33 Å². The van der Waals surface area contributed by atoms with Crippen LogP contribution in [0, 0.1) is 0 Å². The number of carbonyl (C=O) groups is 1. The molecule has 0 N–H and O–H groups in total. The van der Waals surface area contributed by atoms with Crippen LogP contribution in [0.5, 0.6) is 0 Å². The van der Waals surface area contributed by atoms with Gasteiger partial charge in [-0.15, -0.1) is 0 Å². The average molecular weight is 167 g/mol. The molecule has 0 aliphatic heterocycles. The predicted molar refractivity (Wildman–Crippen MR) is 29.0 cm³/mol. The highest BCUT2D eigenvalue weighted by Gasteiger charge is 1.83. The van der Waals surface area contributed by atoms with Gasteiger partial charge in [-0.3, -0.25) is 4.79 Å². The molecule has 0 radical (unpaired) electrons. The van der Waals surface area contributed by atoms with Crippen molar-refractivity contribution >= 4 is 22.2 Å². The normalized spacial score (nSPS) is 11.4. The van der Waals surface area contributed by atoms with E-state index in [0.29, 0.717) is 5.33 Å². The van der Waals surface area contributed by atoms with Gasteiger partial charge in [0.15, 0.2) is 12.1 Å². The highest BCUT2D eigenvalue weighted by molar-refractivity contribution is 9.09. The van der Waals surface area contributed by atoms with Crippen LogP contribution in [0.4, 0.5) is 4.39 Å². The largest absolute Gasteiger partial charge is 0.295 e. The zero-order chi connectivity index (χ0) is 5.70. The second-order valence-electron chi connectivity index (χ2n) is 0.861. The highest BCUT2D eigenvalue weighted by atomic mass is 79.9. The lowest BCUT2D eigenvalue weighted by Crippen LogP contribution is -1.72. The van der Waals surface area contributed by atoms with E-state index >= 15 is 0 Å². The van der Waals surface area contributed by atoms with E-state index in [9.17, 15) is 9.18 Å². The topological polar surface area (TPSA) is 17.1 Å². The van der Waals surface area contributed by atoms with Gasteiger partial charge in [-0.1, -0.05) is 15.9 Å². The van der Waals surface area contributed by atoms with Gasteiger partial charge in [-0.2, -0.15) is 0 Å². The smallest absolute Gasteiger partial charge is 0.178 e. The summed E-state index contributed by atoms with van der Waals surface area (Å²) in [7, 11) is 0. The number of carbonyl (C=O) groups excluding carboxylic acids is 1. The van der Waals surface area contributed by atoms with Crippen molar-refractivity contribution < 1.29 is 9.18 Å². The fraction of sp³-hybridized carbons (Fsp3) is 0.250. The molecule has 0 aromatic carbocycles. The summed E-state index contributed by atoms with van der Waals surface area (Å²) in [4.78, 5) is 9.43. The van der Waals surface area contributed by atoms with Crippen LogP contribution in [0.2, 0.25) is 0 Å². The molecule has 0 bridgehead atoms. The van der Waals surface area contributed by atoms with Crippen molar-refractivity contribution in [2.75, 3.05) is 5.33 Å². The van der Waals surface area contributed by atoms with Gasteiger partial charge in [-0.05, 0) is 6.08 Å². The summed E-state index contributed by atoms with van der Waals surface area (Å²) < 4.78 is 11.6. The molecule has 3 heteroatoms. The lowest BCUT2D eigenvalue weighted by molar-refractivity contribution is -0.106. The van der Waals surface area contributed by atoms with Crippen molar-refractivity contribution in [2.24, 2.45) is 0 Å². The van der Waals surface area contributed by atoms with Crippen LogP contribution in [0.15, 0.2) is 11.9 Å². The summed E-state index contributed by atoms with van der Waals surface area (Å²) in [5.41, 5.74) is 0. The maximum absolute atomic E-state index is 11.6. The fourth-order valence-corrected chi connectivity index (χ4v) is 0.431. The van der Waals surface area contributed by atoms with E-state index < -0.39 is 5.83 Å². The Balaban J connectivity index is 3.49. The Kier molecular flexibility index (Phi) is 3.89. The average Bonchev–Trinajstić information content (AvgIpc) is 1.68. The van der Waals surface area contributed by atoms with Crippen molar-refractivity contribution in [3.63, 3.8) is 0 Å². The Morgan fingerprint density at radius 3 is 2.57 bits per heavy atom. The molecule has 0 aromatic heterocycles. The third-order valence-corrected chi connectivity index (χ3v) is 0.708. The molecule has 0 aliphatic rings. The lowest BCUT2D eigenvalue weighted by atomic mass is 10.5. The second-order valence-corrected chi connectivity index (χ2v) is 1.51. The van der Waals surface area contributed by atoms with Crippen molar-refractivity contribution in [3.8, 4) is 0 Å². The van der Waals surface area contributed by atoms with Crippen LogP contribution in [0.1, 0.15) is 0 Å². The summed E-state index contributed by atoms with van der Waals surface area (Å²) >= 11 is 2.92. The van der Waals surface area contributed by atoms with Gasteiger partial charge in [0.25, 0.3) is 0 Å². The van der Waals surface area contributed by atoms with E-state index in [1.165, 1.54) is 0 Å². The van der Waals surface area contributed by atoms with Crippen molar-refractivity contribution in [2.45, 2.75) is 0 Å². The molecule has 0 rings (SSSR count). The first-order valence-corrected chi connectivity index (χ1v) is 2.80. The first-order valence-electron chi connectivity index (χ1n) is 1.68. The standard InChI is InChI=1S/C4H4BrFO/c5-2-1-4(6)3-7/h1,3H,2H2. The predicted octanol–water partition coefficient (Wildman–Crippen LogP) is 1.43. The molecule has 7 heavy (non-hydrogen) atoms. The summed E-state index contributed by atoms with van der Waals surface area (Å²) in [6, 6.07) is 0. The number of allylic oxidation sites excluding steroid dienone is 2. The SMILES string of the molecule is O=CC(F)=CCBr.